The summed E-state index contributed by atoms with van der Waals surface area (Å²) >= 11 is 3.48. The Morgan fingerprint density at radius 1 is 1.00 bits per heavy atom. The maximum atomic E-state index is 13.5. The Hall–Kier alpha value is -3.12. The molecule has 1 N–H and O–H groups in total. The number of carbonyl (C=O) groups excluding carboxylic acids is 2. The van der Waals surface area contributed by atoms with Crippen LogP contribution in [0.3, 0.4) is 0 Å². The molecular weight excluding hydrogens is 492 g/mol. The highest BCUT2D eigenvalue weighted by atomic mass is 79.9. The SMILES string of the molecule is Cc1cc(Br)ccc1C(=O)N1C[C@H]2CC[C@H]1[C@H](C(=O)Nc1ccc3oc4ccccc4c3c1)C2. The molecule has 2 bridgehead atoms. The zero-order chi connectivity index (χ0) is 23.4. The van der Waals surface area contributed by atoms with E-state index >= 15 is 0 Å². The number of nitrogens with zero attached hydrogens (tertiary/aromatic N) is 1. The van der Waals surface area contributed by atoms with Crippen molar-refractivity contribution in [1.82, 2.24) is 4.90 Å². The first kappa shape index (κ1) is 21.4. The molecule has 2 saturated heterocycles. The van der Waals surface area contributed by atoms with E-state index in [9.17, 15) is 9.59 Å². The Balaban J connectivity index is 1.25. The van der Waals surface area contributed by atoms with E-state index in [-0.39, 0.29) is 23.8 Å². The lowest BCUT2D eigenvalue weighted by molar-refractivity contribution is -0.126. The molecule has 3 heterocycles. The molecular formula is C28H25BrN2O3. The molecule has 4 aromatic rings. The number of hydrogen-bond acceptors (Lipinski definition) is 3. The molecule has 0 unspecified atom stereocenters. The number of furan rings is 1. The fraction of sp³-hybridized carbons (Fsp3) is 0.286. The molecule has 2 amide bonds. The van der Waals surface area contributed by atoms with Gasteiger partial charge in [-0.15, -0.1) is 0 Å². The largest absolute Gasteiger partial charge is 0.456 e. The van der Waals surface area contributed by atoms with Crippen molar-refractivity contribution in [2.24, 2.45) is 11.8 Å². The minimum atomic E-state index is -0.205. The normalized spacial score (nSPS) is 21.8. The highest BCUT2D eigenvalue weighted by molar-refractivity contribution is 9.10. The van der Waals surface area contributed by atoms with Gasteiger partial charge in [-0.3, -0.25) is 9.59 Å². The highest BCUT2D eigenvalue weighted by Gasteiger charge is 2.46. The predicted octanol–water partition coefficient (Wildman–Crippen LogP) is 6.54. The zero-order valence-corrected chi connectivity index (χ0v) is 20.5. The topological polar surface area (TPSA) is 62.6 Å². The van der Waals surface area contributed by atoms with Crippen molar-refractivity contribution >= 4 is 55.4 Å². The van der Waals surface area contributed by atoms with Crippen LogP contribution in [0.2, 0.25) is 0 Å². The number of anilines is 1. The molecule has 3 atom stereocenters. The first-order valence-corrected chi connectivity index (χ1v) is 12.6. The molecule has 0 spiro atoms. The number of benzene rings is 3. The standard InChI is InChI=1S/C28H25BrN2O3/c1-16-12-18(29)7-9-20(16)28(33)31-15-17-6-10-24(31)23(13-17)27(32)30-19-8-11-26-22(14-19)21-4-2-3-5-25(21)34-26/h2-5,7-9,11-12,14,17,23-24H,6,10,13,15H2,1H3,(H,30,32)/t17-,23+,24-/m0/s1. The predicted molar refractivity (Wildman–Crippen MR) is 137 cm³/mol. The summed E-state index contributed by atoms with van der Waals surface area (Å²) in [4.78, 5) is 28.8. The summed E-state index contributed by atoms with van der Waals surface area (Å²) in [6, 6.07) is 19.4. The first-order chi connectivity index (χ1) is 16.5. The quantitative estimate of drug-likeness (QED) is 0.336. The van der Waals surface area contributed by atoms with Crippen molar-refractivity contribution in [2.45, 2.75) is 32.2 Å². The Morgan fingerprint density at radius 3 is 2.65 bits per heavy atom. The molecule has 6 heteroatoms. The number of carbonyl (C=O) groups is 2. The van der Waals surface area contributed by atoms with Crippen molar-refractivity contribution in [1.29, 1.82) is 0 Å². The summed E-state index contributed by atoms with van der Waals surface area (Å²) in [5.74, 6) is 0.181. The average molecular weight is 517 g/mol. The molecule has 172 valence electrons. The van der Waals surface area contributed by atoms with E-state index < -0.39 is 0 Å². The molecule has 1 aromatic heterocycles. The van der Waals surface area contributed by atoms with Gasteiger partial charge in [0.05, 0.1) is 5.92 Å². The summed E-state index contributed by atoms with van der Waals surface area (Å²) < 4.78 is 6.87. The number of amides is 2. The monoisotopic (exact) mass is 516 g/mol. The van der Waals surface area contributed by atoms with Crippen molar-refractivity contribution in [3.8, 4) is 0 Å². The Morgan fingerprint density at radius 2 is 1.82 bits per heavy atom. The molecule has 3 fully saturated rings. The van der Waals surface area contributed by atoms with Crippen LogP contribution < -0.4 is 5.32 Å². The van der Waals surface area contributed by atoms with E-state index in [1.165, 1.54) is 0 Å². The summed E-state index contributed by atoms with van der Waals surface area (Å²) in [7, 11) is 0. The van der Waals surface area contributed by atoms with E-state index in [0.29, 0.717) is 11.5 Å². The summed E-state index contributed by atoms with van der Waals surface area (Å²) in [5, 5.41) is 5.16. The fourth-order valence-electron chi connectivity index (χ4n) is 5.77. The minimum absolute atomic E-state index is 0.00752. The molecule has 7 rings (SSSR count). The van der Waals surface area contributed by atoms with E-state index in [4.69, 9.17) is 4.42 Å². The van der Waals surface area contributed by atoms with Gasteiger partial charge in [-0.05, 0) is 80.1 Å². The van der Waals surface area contributed by atoms with Crippen LogP contribution in [-0.4, -0.2) is 29.3 Å². The van der Waals surface area contributed by atoms with Crippen LogP contribution >= 0.6 is 15.9 Å². The smallest absolute Gasteiger partial charge is 0.254 e. The van der Waals surface area contributed by atoms with Gasteiger partial charge in [-0.2, -0.15) is 0 Å². The Labute approximate surface area is 206 Å². The maximum absolute atomic E-state index is 13.5. The number of nitrogens with one attached hydrogen (secondary N) is 1. The molecule has 34 heavy (non-hydrogen) atoms. The van der Waals surface area contributed by atoms with Crippen LogP contribution in [0.4, 0.5) is 5.69 Å². The van der Waals surface area contributed by atoms with Gasteiger partial charge in [-0.1, -0.05) is 34.1 Å². The van der Waals surface area contributed by atoms with Crippen LogP contribution in [0.15, 0.2) is 69.6 Å². The molecule has 3 aliphatic rings. The van der Waals surface area contributed by atoms with E-state index in [1.54, 1.807) is 0 Å². The highest BCUT2D eigenvalue weighted by Crippen LogP contribution is 2.41. The second-order valence-corrected chi connectivity index (χ2v) is 10.5. The van der Waals surface area contributed by atoms with Gasteiger partial charge in [0.1, 0.15) is 11.2 Å². The van der Waals surface area contributed by atoms with Crippen LogP contribution in [0.5, 0.6) is 0 Å². The van der Waals surface area contributed by atoms with Gasteiger partial charge < -0.3 is 14.6 Å². The third kappa shape index (κ3) is 3.61. The van der Waals surface area contributed by atoms with E-state index in [0.717, 1.165) is 63.5 Å². The lowest BCUT2D eigenvalue weighted by Crippen LogP contribution is -2.58. The Kier molecular flexibility index (Phi) is 5.21. The van der Waals surface area contributed by atoms with Gasteiger partial charge in [0.25, 0.3) is 5.91 Å². The summed E-state index contributed by atoms with van der Waals surface area (Å²) in [6.45, 7) is 2.69. The molecule has 1 aliphatic carbocycles. The van der Waals surface area contributed by atoms with Crippen molar-refractivity contribution in [3.05, 3.63) is 76.3 Å². The molecule has 5 nitrogen and oxygen atoms in total. The third-order valence-corrected chi connectivity index (χ3v) is 7.93. The molecule has 1 saturated carbocycles. The molecule has 2 aliphatic heterocycles. The third-order valence-electron chi connectivity index (χ3n) is 7.44. The number of aryl methyl sites for hydroxylation is 1. The molecule has 0 radical (unpaired) electrons. The van der Waals surface area contributed by atoms with Crippen molar-refractivity contribution in [2.75, 3.05) is 11.9 Å². The number of para-hydroxylation sites is 1. The van der Waals surface area contributed by atoms with Gasteiger partial charge in [-0.25, -0.2) is 0 Å². The molecule has 3 aromatic carbocycles. The first-order valence-electron chi connectivity index (χ1n) is 11.8. The van der Waals surface area contributed by atoms with E-state index in [1.807, 2.05) is 72.5 Å². The number of fused-ring (bicyclic) bond motifs is 6. The Bertz CT molecular complexity index is 1440. The lowest BCUT2D eigenvalue weighted by atomic mass is 9.72. The lowest BCUT2D eigenvalue weighted by Gasteiger charge is -2.49. The second kappa shape index (κ2) is 8.27. The second-order valence-electron chi connectivity index (χ2n) is 9.57. The van der Waals surface area contributed by atoms with Gasteiger partial charge in [0.15, 0.2) is 0 Å². The average Bonchev–Trinajstić information content (AvgIpc) is 3.22. The van der Waals surface area contributed by atoms with Crippen LogP contribution in [0.25, 0.3) is 21.9 Å². The van der Waals surface area contributed by atoms with Crippen LogP contribution in [-0.2, 0) is 4.79 Å². The van der Waals surface area contributed by atoms with Gasteiger partial charge in [0.2, 0.25) is 5.91 Å². The fourth-order valence-corrected chi connectivity index (χ4v) is 6.25. The maximum Gasteiger partial charge on any atom is 0.254 e. The van der Waals surface area contributed by atoms with Crippen LogP contribution in [0.1, 0.15) is 35.2 Å². The van der Waals surface area contributed by atoms with E-state index in [2.05, 4.69) is 21.2 Å². The van der Waals surface area contributed by atoms with Gasteiger partial charge >= 0.3 is 0 Å². The van der Waals surface area contributed by atoms with Crippen LogP contribution in [0, 0.1) is 18.8 Å². The number of hydrogen-bond donors (Lipinski definition) is 1. The zero-order valence-electron chi connectivity index (χ0n) is 18.9. The summed E-state index contributed by atoms with van der Waals surface area (Å²) in [5.41, 5.74) is 4.06. The minimum Gasteiger partial charge on any atom is -0.456 e. The number of rotatable bonds is 3. The summed E-state index contributed by atoms with van der Waals surface area (Å²) in [6.07, 6.45) is 2.77. The van der Waals surface area contributed by atoms with Gasteiger partial charge in [0, 0.05) is 39.1 Å². The number of piperidine rings is 2. The van der Waals surface area contributed by atoms with Crippen molar-refractivity contribution in [3.63, 3.8) is 0 Å². The number of halogens is 1. The van der Waals surface area contributed by atoms with Crippen molar-refractivity contribution < 1.29 is 14.0 Å².